The molecule has 0 aromatic heterocycles. The summed E-state index contributed by atoms with van der Waals surface area (Å²) in [6.45, 7) is 4.78. The number of amidine groups is 1. The number of likely N-dealkylation sites (tertiary alicyclic amines) is 1. The Hall–Kier alpha value is -3.31. The zero-order valence-corrected chi connectivity index (χ0v) is 19.5. The number of nitrogens with zero attached hydrogens (tertiary/aromatic N) is 3. The van der Waals surface area contributed by atoms with Crippen LogP contribution in [0.4, 0.5) is 4.39 Å². The van der Waals surface area contributed by atoms with Crippen molar-refractivity contribution >= 4 is 11.7 Å². The van der Waals surface area contributed by atoms with Crippen LogP contribution in [0.5, 0.6) is 0 Å². The van der Waals surface area contributed by atoms with Gasteiger partial charge in [0.2, 0.25) is 0 Å². The van der Waals surface area contributed by atoms with E-state index < -0.39 is 5.54 Å². The van der Waals surface area contributed by atoms with Crippen molar-refractivity contribution in [1.29, 1.82) is 0 Å². The minimum absolute atomic E-state index is 0.0483. The minimum atomic E-state index is -1.02. The molecular weight excluding hydrogens is 425 g/mol. The second kappa shape index (κ2) is 9.51. The summed E-state index contributed by atoms with van der Waals surface area (Å²) < 4.78 is 13.2. The van der Waals surface area contributed by atoms with Crippen LogP contribution in [-0.4, -0.2) is 47.2 Å². The molecule has 2 heterocycles. The van der Waals surface area contributed by atoms with Gasteiger partial charge in [-0.3, -0.25) is 9.69 Å². The van der Waals surface area contributed by atoms with Crippen molar-refractivity contribution in [2.24, 2.45) is 4.99 Å². The molecule has 0 bridgehead atoms. The first kappa shape index (κ1) is 22.5. The Morgan fingerprint density at radius 1 is 0.882 bits per heavy atom. The molecule has 0 spiro atoms. The molecule has 1 fully saturated rings. The quantitative estimate of drug-likeness (QED) is 0.522. The van der Waals surface area contributed by atoms with Crippen molar-refractivity contribution < 1.29 is 9.18 Å². The highest BCUT2D eigenvalue weighted by molar-refractivity contribution is 6.10. The molecule has 3 aromatic carbocycles. The Bertz CT molecular complexity index is 1110. The van der Waals surface area contributed by atoms with Crippen LogP contribution in [0.2, 0.25) is 0 Å². The molecule has 5 rings (SSSR count). The average Bonchev–Trinajstić information content (AvgIpc) is 3.16. The highest BCUT2D eigenvalue weighted by Gasteiger charge is 2.51. The number of halogens is 1. The lowest BCUT2D eigenvalue weighted by molar-refractivity contribution is -0.132. The summed E-state index contributed by atoms with van der Waals surface area (Å²) in [5.41, 5.74) is 1.94. The molecule has 0 saturated carbocycles. The lowest BCUT2D eigenvalue weighted by Gasteiger charge is -2.38. The molecule has 3 aromatic rings. The topological polar surface area (TPSA) is 35.9 Å². The van der Waals surface area contributed by atoms with Gasteiger partial charge in [-0.2, -0.15) is 0 Å². The number of carbonyl (C=O) groups is 1. The smallest absolute Gasteiger partial charge is 0.265 e. The van der Waals surface area contributed by atoms with E-state index in [0.717, 1.165) is 61.4 Å². The third-order valence-corrected chi connectivity index (χ3v) is 7.14. The monoisotopic (exact) mass is 455 g/mol. The molecular formula is C29H30FN3O. The number of benzene rings is 3. The number of rotatable bonds is 6. The van der Waals surface area contributed by atoms with Gasteiger partial charge in [0.1, 0.15) is 11.7 Å². The lowest BCUT2D eigenvalue weighted by Crippen LogP contribution is -2.50. The molecule has 0 N–H and O–H groups in total. The largest absolute Gasteiger partial charge is 0.303 e. The van der Waals surface area contributed by atoms with Crippen molar-refractivity contribution in [2.45, 2.75) is 37.8 Å². The first-order valence-corrected chi connectivity index (χ1v) is 12.1. The Labute approximate surface area is 200 Å². The van der Waals surface area contributed by atoms with Gasteiger partial charge in [-0.05, 0) is 55.0 Å². The zero-order chi connectivity index (χ0) is 23.5. The van der Waals surface area contributed by atoms with E-state index in [0.29, 0.717) is 0 Å². The van der Waals surface area contributed by atoms with E-state index in [9.17, 15) is 9.18 Å². The number of piperidine rings is 1. The van der Waals surface area contributed by atoms with Crippen LogP contribution in [-0.2, 0) is 16.8 Å². The van der Waals surface area contributed by atoms with Crippen molar-refractivity contribution in [3.05, 3.63) is 107 Å². The molecule has 5 heteroatoms. The number of amides is 1. The van der Waals surface area contributed by atoms with Crippen molar-refractivity contribution in [2.75, 3.05) is 19.6 Å². The molecule has 2 aliphatic heterocycles. The van der Waals surface area contributed by atoms with Gasteiger partial charge < -0.3 is 4.90 Å². The van der Waals surface area contributed by atoms with Crippen LogP contribution < -0.4 is 0 Å². The van der Waals surface area contributed by atoms with Gasteiger partial charge in [0.05, 0.1) is 0 Å². The second-order valence-electron chi connectivity index (χ2n) is 9.23. The molecule has 1 saturated heterocycles. The van der Waals surface area contributed by atoms with Crippen molar-refractivity contribution in [1.82, 2.24) is 9.80 Å². The van der Waals surface area contributed by atoms with Crippen LogP contribution in [0.25, 0.3) is 0 Å². The van der Waals surface area contributed by atoms with Crippen LogP contribution in [0.1, 0.15) is 36.5 Å². The van der Waals surface area contributed by atoms with E-state index in [1.807, 2.05) is 84.6 Å². The summed E-state index contributed by atoms with van der Waals surface area (Å²) in [6.07, 6.45) is 2.74. The standard InChI is InChI=1S/C29H30FN3O/c1-22-31-29(24-8-4-2-5-9-24,25-10-6-3-7-11-25)28(34)33(22)27-17-20-32(21-18-27)19-16-23-12-14-26(30)15-13-23/h2-15,27H,16-21H2,1H3. The normalized spacial score (nSPS) is 18.8. The summed E-state index contributed by atoms with van der Waals surface area (Å²) in [5.74, 6) is 0.647. The molecule has 34 heavy (non-hydrogen) atoms. The predicted molar refractivity (Wildman–Crippen MR) is 133 cm³/mol. The zero-order valence-electron chi connectivity index (χ0n) is 19.5. The molecule has 2 aliphatic rings. The van der Waals surface area contributed by atoms with Crippen LogP contribution >= 0.6 is 0 Å². The summed E-state index contributed by atoms with van der Waals surface area (Å²) in [7, 11) is 0. The molecule has 1 amide bonds. The molecule has 0 aliphatic carbocycles. The highest BCUT2D eigenvalue weighted by Crippen LogP contribution is 2.41. The molecule has 0 atom stereocenters. The third-order valence-electron chi connectivity index (χ3n) is 7.14. The molecule has 174 valence electrons. The van der Waals surface area contributed by atoms with Gasteiger partial charge in [0.25, 0.3) is 5.91 Å². The van der Waals surface area contributed by atoms with E-state index in [1.54, 1.807) is 0 Å². The SMILES string of the molecule is CC1=NC(c2ccccc2)(c2ccccc2)C(=O)N1C1CCN(CCc2ccc(F)cc2)CC1. The van der Waals surface area contributed by atoms with E-state index in [1.165, 1.54) is 12.1 Å². The van der Waals surface area contributed by atoms with Gasteiger partial charge in [-0.15, -0.1) is 0 Å². The fraction of sp³-hybridized carbons (Fsp3) is 0.310. The number of hydrogen-bond acceptors (Lipinski definition) is 3. The van der Waals surface area contributed by atoms with E-state index in [4.69, 9.17) is 4.99 Å². The highest BCUT2D eigenvalue weighted by atomic mass is 19.1. The van der Waals surface area contributed by atoms with Crippen molar-refractivity contribution in [3.63, 3.8) is 0 Å². The van der Waals surface area contributed by atoms with Gasteiger partial charge in [0.15, 0.2) is 5.54 Å². The third kappa shape index (κ3) is 4.16. The second-order valence-corrected chi connectivity index (χ2v) is 9.23. The average molecular weight is 456 g/mol. The molecule has 0 unspecified atom stereocenters. The maximum Gasteiger partial charge on any atom is 0.265 e. The van der Waals surface area contributed by atoms with E-state index >= 15 is 0 Å². The minimum Gasteiger partial charge on any atom is -0.303 e. The number of carbonyl (C=O) groups excluding carboxylic acids is 1. The summed E-state index contributed by atoms with van der Waals surface area (Å²) in [6, 6.07) is 26.8. The maximum absolute atomic E-state index is 14.1. The van der Waals surface area contributed by atoms with Crippen LogP contribution in [0, 0.1) is 5.82 Å². The Morgan fingerprint density at radius 2 is 1.44 bits per heavy atom. The predicted octanol–water partition coefficient (Wildman–Crippen LogP) is 5.04. The number of hydrogen-bond donors (Lipinski definition) is 0. The Balaban J connectivity index is 1.31. The molecule has 4 nitrogen and oxygen atoms in total. The van der Waals surface area contributed by atoms with E-state index in [2.05, 4.69) is 4.90 Å². The summed E-state index contributed by atoms with van der Waals surface area (Å²) >= 11 is 0. The first-order valence-electron chi connectivity index (χ1n) is 12.1. The first-order chi connectivity index (χ1) is 16.6. The summed E-state index contributed by atoms with van der Waals surface area (Å²) in [4.78, 5) is 23.6. The Kier molecular flexibility index (Phi) is 6.29. The number of aliphatic imine (C=N–C) groups is 1. The van der Waals surface area contributed by atoms with Gasteiger partial charge in [-0.1, -0.05) is 72.8 Å². The summed E-state index contributed by atoms with van der Waals surface area (Å²) in [5, 5.41) is 0. The van der Waals surface area contributed by atoms with Gasteiger partial charge >= 0.3 is 0 Å². The van der Waals surface area contributed by atoms with Crippen LogP contribution in [0.15, 0.2) is 89.9 Å². The Morgan fingerprint density at radius 3 is 2.00 bits per heavy atom. The fourth-order valence-electron chi connectivity index (χ4n) is 5.34. The van der Waals surface area contributed by atoms with Gasteiger partial charge in [0, 0.05) is 25.7 Å². The fourth-order valence-corrected chi connectivity index (χ4v) is 5.34. The van der Waals surface area contributed by atoms with Crippen molar-refractivity contribution in [3.8, 4) is 0 Å². The molecule has 0 radical (unpaired) electrons. The van der Waals surface area contributed by atoms with Crippen LogP contribution in [0.3, 0.4) is 0 Å². The van der Waals surface area contributed by atoms with Gasteiger partial charge in [-0.25, -0.2) is 9.38 Å². The lowest BCUT2D eigenvalue weighted by atomic mass is 9.82. The maximum atomic E-state index is 14.1. The van der Waals surface area contributed by atoms with E-state index in [-0.39, 0.29) is 17.8 Å².